The molecular formula is C15H17FN2S. The van der Waals surface area contributed by atoms with E-state index in [4.69, 9.17) is 12.2 Å². The molecule has 0 fully saturated rings. The number of hydrogen-bond acceptors (Lipinski definition) is 2. The van der Waals surface area contributed by atoms with Crippen LogP contribution in [0.15, 0.2) is 24.3 Å². The van der Waals surface area contributed by atoms with E-state index in [2.05, 4.69) is 23.8 Å². The highest BCUT2D eigenvalue weighted by Crippen LogP contribution is 2.21. The third-order valence-electron chi connectivity index (χ3n) is 2.88. The number of nitrogens with one attached hydrogen (secondary N) is 1. The van der Waals surface area contributed by atoms with E-state index in [-0.39, 0.29) is 5.82 Å². The van der Waals surface area contributed by atoms with Gasteiger partial charge in [0.15, 0.2) is 0 Å². The highest BCUT2D eigenvalue weighted by molar-refractivity contribution is 7.71. The van der Waals surface area contributed by atoms with Crippen molar-refractivity contribution >= 4 is 12.2 Å². The van der Waals surface area contributed by atoms with Crippen LogP contribution in [0.2, 0.25) is 0 Å². The normalized spacial score (nSPS) is 11.0. The summed E-state index contributed by atoms with van der Waals surface area (Å²) in [6.07, 6.45) is 0.896. The fraction of sp³-hybridized carbons (Fsp3) is 0.333. The SMILES string of the molecule is Cc1ccc(F)cc1-c1nc(=S)cc(CC(C)C)[nH]1. The fourth-order valence-electron chi connectivity index (χ4n) is 2.03. The van der Waals surface area contributed by atoms with E-state index in [0.29, 0.717) is 16.4 Å². The maximum Gasteiger partial charge on any atom is 0.139 e. The van der Waals surface area contributed by atoms with Gasteiger partial charge < -0.3 is 4.98 Å². The zero-order valence-electron chi connectivity index (χ0n) is 11.3. The van der Waals surface area contributed by atoms with E-state index in [1.165, 1.54) is 12.1 Å². The summed E-state index contributed by atoms with van der Waals surface area (Å²) in [5, 5.41) is 0. The average Bonchev–Trinajstić information content (AvgIpc) is 2.30. The molecule has 0 saturated heterocycles. The van der Waals surface area contributed by atoms with Gasteiger partial charge in [-0.15, -0.1) is 0 Å². The zero-order valence-corrected chi connectivity index (χ0v) is 12.1. The Labute approximate surface area is 117 Å². The topological polar surface area (TPSA) is 28.7 Å². The standard InChI is InChI=1S/C15H17FN2S/c1-9(2)6-12-8-14(19)18-15(17-12)13-7-11(16)5-4-10(13)3/h4-5,7-9H,6H2,1-3H3,(H,17,18,19). The van der Waals surface area contributed by atoms with Crippen LogP contribution < -0.4 is 0 Å². The number of aryl methyl sites for hydroxylation is 1. The lowest BCUT2D eigenvalue weighted by Crippen LogP contribution is -2.01. The van der Waals surface area contributed by atoms with Gasteiger partial charge in [0.05, 0.1) is 0 Å². The molecule has 0 spiro atoms. The van der Waals surface area contributed by atoms with Gasteiger partial charge in [0.2, 0.25) is 0 Å². The van der Waals surface area contributed by atoms with Gasteiger partial charge in [0.25, 0.3) is 0 Å². The molecule has 1 heterocycles. The highest BCUT2D eigenvalue weighted by Gasteiger charge is 2.08. The first-order valence-electron chi connectivity index (χ1n) is 6.32. The largest absolute Gasteiger partial charge is 0.343 e. The molecule has 0 aliphatic rings. The van der Waals surface area contributed by atoms with Crippen LogP contribution in [0, 0.1) is 23.3 Å². The number of halogens is 1. The van der Waals surface area contributed by atoms with E-state index in [1.807, 2.05) is 13.0 Å². The molecule has 1 aromatic heterocycles. The van der Waals surface area contributed by atoms with Crippen molar-refractivity contribution in [2.24, 2.45) is 5.92 Å². The van der Waals surface area contributed by atoms with Crippen molar-refractivity contribution in [1.82, 2.24) is 9.97 Å². The van der Waals surface area contributed by atoms with Crippen molar-refractivity contribution < 1.29 is 4.39 Å². The molecule has 2 rings (SSSR count). The van der Waals surface area contributed by atoms with Gasteiger partial charge in [-0.25, -0.2) is 9.37 Å². The summed E-state index contributed by atoms with van der Waals surface area (Å²) in [5.41, 5.74) is 2.77. The lowest BCUT2D eigenvalue weighted by Gasteiger charge is -2.10. The zero-order chi connectivity index (χ0) is 14.0. The number of hydrogen-bond donors (Lipinski definition) is 1. The molecule has 0 unspecified atom stereocenters. The van der Waals surface area contributed by atoms with Crippen LogP contribution in [0.5, 0.6) is 0 Å². The van der Waals surface area contributed by atoms with Gasteiger partial charge in [0, 0.05) is 11.3 Å². The maximum absolute atomic E-state index is 13.4. The monoisotopic (exact) mass is 276 g/mol. The van der Waals surface area contributed by atoms with E-state index in [0.717, 1.165) is 23.2 Å². The minimum Gasteiger partial charge on any atom is -0.343 e. The summed E-state index contributed by atoms with van der Waals surface area (Å²) in [6.45, 7) is 6.22. The highest BCUT2D eigenvalue weighted by atomic mass is 32.1. The van der Waals surface area contributed by atoms with Crippen LogP contribution in [-0.2, 0) is 6.42 Å². The summed E-state index contributed by atoms with van der Waals surface area (Å²) < 4.78 is 13.9. The summed E-state index contributed by atoms with van der Waals surface area (Å²) >= 11 is 5.19. The quantitative estimate of drug-likeness (QED) is 0.839. The molecular weight excluding hydrogens is 259 g/mol. The first-order chi connectivity index (χ1) is 8.95. The molecule has 0 amide bonds. The Morgan fingerprint density at radius 1 is 1.32 bits per heavy atom. The lowest BCUT2D eigenvalue weighted by atomic mass is 10.1. The second-order valence-corrected chi connectivity index (χ2v) is 5.57. The minimum absolute atomic E-state index is 0.268. The third kappa shape index (κ3) is 3.47. The van der Waals surface area contributed by atoms with Gasteiger partial charge in [-0.05, 0) is 43.0 Å². The molecule has 0 atom stereocenters. The van der Waals surface area contributed by atoms with Gasteiger partial charge in [-0.1, -0.05) is 32.1 Å². The minimum atomic E-state index is -0.268. The molecule has 1 aromatic carbocycles. The number of rotatable bonds is 3. The fourth-order valence-corrected chi connectivity index (χ4v) is 2.27. The third-order valence-corrected chi connectivity index (χ3v) is 3.09. The van der Waals surface area contributed by atoms with Crippen molar-refractivity contribution in [3.63, 3.8) is 0 Å². The molecule has 0 bridgehead atoms. The average molecular weight is 276 g/mol. The first-order valence-corrected chi connectivity index (χ1v) is 6.73. The van der Waals surface area contributed by atoms with Gasteiger partial charge >= 0.3 is 0 Å². The van der Waals surface area contributed by atoms with Crippen LogP contribution in [0.1, 0.15) is 25.1 Å². The molecule has 0 aliphatic heterocycles. The molecule has 1 N–H and O–H groups in total. The predicted molar refractivity (Wildman–Crippen MR) is 78.1 cm³/mol. The maximum atomic E-state index is 13.4. The van der Waals surface area contributed by atoms with Gasteiger partial charge in [-0.3, -0.25) is 0 Å². The summed E-state index contributed by atoms with van der Waals surface area (Å²) in [7, 11) is 0. The molecule has 0 radical (unpaired) electrons. The summed E-state index contributed by atoms with van der Waals surface area (Å²) in [6, 6.07) is 6.55. The Kier molecular flexibility index (Phi) is 4.10. The summed E-state index contributed by atoms with van der Waals surface area (Å²) in [4.78, 5) is 7.56. The molecule has 4 heteroatoms. The van der Waals surface area contributed by atoms with Crippen molar-refractivity contribution in [3.8, 4) is 11.4 Å². The van der Waals surface area contributed by atoms with E-state index >= 15 is 0 Å². The van der Waals surface area contributed by atoms with Crippen molar-refractivity contribution in [2.75, 3.05) is 0 Å². The molecule has 100 valence electrons. The lowest BCUT2D eigenvalue weighted by molar-refractivity contribution is 0.626. The molecule has 0 saturated carbocycles. The van der Waals surface area contributed by atoms with Crippen LogP contribution >= 0.6 is 12.2 Å². The van der Waals surface area contributed by atoms with E-state index in [9.17, 15) is 4.39 Å². The van der Waals surface area contributed by atoms with E-state index in [1.54, 1.807) is 6.07 Å². The number of H-pyrrole nitrogens is 1. The Balaban J connectivity index is 2.53. The first kappa shape index (κ1) is 13.9. The predicted octanol–water partition coefficient (Wildman–Crippen LogP) is 4.45. The van der Waals surface area contributed by atoms with Crippen LogP contribution in [0.25, 0.3) is 11.4 Å². The van der Waals surface area contributed by atoms with Crippen LogP contribution in [0.4, 0.5) is 4.39 Å². The van der Waals surface area contributed by atoms with E-state index < -0.39 is 0 Å². The Hall–Kier alpha value is -1.55. The van der Waals surface area contributed by atoms with Crippen molar-refractivity contribution in [3.05, 3.63) is 46.0 Å². The van der Waals surface area contributed by atoms with Crippen molar-refractivity contribution in [2.45, 2.75) is 27.2 Å². The smallest absolute Gasteiger partial charge is 0.139 e. The van der Waals surface area contributed by atoms with Crippen LogP contribution in [0.3, 0.4) is 0 Å². The summed E-state index contributed by atoms with van der Waals surface area (Å²) in [5.74, 6) is 0.894. The molecule has 19 heavy (non-hydrogen) atoms. The molecule has 2 aromatic rings. The Morgan fingerprint density at radius 3 is 2.74 bits per heavy atom. The Bertz CT molecular complexity index is 647. The van der Waals surface area contributed by atoms with Crippen molar-refractivity contribution in [1.29, 1.82) is 0 Å². The number of benzene rings is 1. The second-order valence-electron chi connectivity index (χ2n) is 5.15. The number of aromatic amines is 1. The molecule has 0 aliphatic carbocycles. The van der Waals surface area contributed by atoms with Gasteiger partial charge in [-0.2, -0.15) is 0 Å². The number of nitrogens with zero attached hydrogens (tertiary/aromatic N) is 1. The number of aromatic nitrogens is 2. The van der Waals surface area contributed by atoms with Gasteiger partial charge in [0.1, 0.15) is 16.3 Å². The Morgan fingerprint density at radius 2 is 2.05 bits per heavy atom. The second kappa shape index (κ2) is 5.61. The van der Waals surface area contributed by atoms with Crippen LogP contribution in [-0.4, -0.2) is 9.97 Å². The molecule has 2 nitrogen and oxygen atoms in total.